The number of carboxylic acids is 1. The normalized spacial score (nSPS) is 25.7. The molecular formula is C32H33NO8. The summed E-state index contributed by atoms with van der Waals surface area (Å²) in [6, 6.07) is 4.89. The van der Waals surface area contributed by atoms with Gasteiger partial charge in [-0.05, 0) is 62.3 Å². The fourth-order valence-electron chi connectivity index (χ4n) is 6.65. The summed E-state index contributed by atoms with van der Waals surface area (Å²) in [6.07, 6.45) is 9.23. The van der Waals surface area contributed by atoms with Crippen LogP contribution >= 0.6 is 0 Å². The number of methoxy groups -OCH3 is 1. The topological polar surface area (TPSA) is 138 Å². The first-order valence-electron chi connectivity index (χ1n) is 13.9. The van der Waals surface area contributed by atoms with Gasteiger partial charge in [0.2, 0.25) is 11.8 Å². The van der Waals surface area contributed by atoms with Crippen LogP contribution in [0.2, 0.25) is 0 Å². The third-order valence-corrected chi connectivity index (χ3v) is 8.66. The van der Waals surface area contributed by atoms with Crippen LogP contribution in [0.5, 0.6) is 11.5 Å². The molecule has 3 aliphatic carbocycles. The maximum atomic E-state index is 13.7. The summed E-state index contributed by atoms with van der Waals surface area (Å²) in [5, 5.41) is 18.8. The first-order valence-corrected chi connectivity index (χ1v) is 13.9. The predicted octanol–water partition coefficient (Wildman–Crippen LogP) is 4.02. The third-order valence-electron chi connectivity index (χ3n) is 8.66. The van der Waals surface area contributed by atoms with E-state index in [-0.39, 0.29) is 48.5 Å². The number of benzene rings is 1. The summed E-state index contributed by atoms with van der Waals surface area (Å²) in [4.78, 5) is 65.7. The molecule has 1 aromatic rings. The standard InChI is InChI=1S/C32H33NO8/c1-17-14-25(35)23-16-22-19(20(28(23)30(17)38)9-7-18-8-12-24(34)26(15-18)41-2)10-11-21-29(22)32(40)33(31(21)39)13-5-3-4-6-27(36)37/h7-10,12,14-15,20-22,29,34H,3-6,11,13,16H2,1-2H3,(H,36,37). The number of imide groups is 1. The minimum absolute atomic E-state index is 0.00178. The molecule has 214 valence electrons. The first-order chi connectivity index (χ1) is 19.6. The molecule has 4 atom stereocenters. The van der Waals surface area contributed by atoms with Crippen LogP contribution in [0.3, 0.4) is 0 Å². The Kier molecular flexibility index (Phi) is 7.80. The highest BCUT2D eigenvalue weighted by atomic mass is 16.5. The average Bonchev–Trinajstić information content (AvgIpc) is 3.19. The summed E-state index contributed by atoms with van der Waals surface area (Å²) in [7, 11) is 1.45. The first kappa shape index (κ1) is 28.3. The van der Waals surface area contributed by atoms with Crippen LogP contribution in [0.15, 0.2) is 58.7 Å². The average molecular weight is 560 g/mol. The van der Waals surface area contributed by atoms with Gasteiger partial charge in [-0.15, -0.1) is 0 Å². The number of likely N-dealkylation sites (tertiary alicyclic amines) is 1. The lowest BCUT2D eigenvalue weighted by Gasteiger charge is -2.41. The summed E-state index contributed by atoms with van der Waals surface area (Å²) in [5.74, 6) is -3.57. The fourth-order valence-corrected chi connectivity index (χ4v) is 6.65. The highest BCUT2D eigenvalue weighted by Crippen LogP contribution is 2.52. The summed E-state index contributed by atoms with van der Waals surface area (Å²) >= 11 is 0. The molecule has 1 heterocycles. The number of nitrogens with zero attached hydrogens (tertiary/aromatic N) is 1. The quantitative estimate of drug-likeness (QED) is 0.200. The number of aromatic hydroxyl groups is 1. The van der Waals surface area contributed by atoms with Crippen LogP contribution in [0, 0.1) is 23.7 Å². The number of unbranched alkanes of at least 4 members (excludes halogenated alkanes) is 2. The number of allylic oxidation sites excluding steroid dienone is 7. The second-order valence-corrected chi connectivity index (χ2v) is 11.1. The molecule has 4 aliphatic rings. The Labute approximate surface area is 237 Å². The van der Waals surface area contributed by atoms with E-state index in [4.69, 9.17) is 9.84 Å². The molecule has 0 spiro atoms. The number of carboxylic acid groups (broad SMARTS) is 1. The second-order valence-electron chi connectivity index (χ2n) is 11.1. The molecule has 5 rings (SSSR count). The van der Waals surface area contributed by atoms with E-state index in [0.29, 0.717) is 48.2 Å². The maximum Gasteiger partial charge on any atom is 0.303 e. The lowest BCUT2D eigenvalue weighted by molar-refractivity contribution is -0.141. The number of carbonyl (C=O) groups excluding carboxylic acids is 4. The Morgan fingerprint density at radius 3 is 2.61 bits per heavy atom. The monoisotopic (exact) mass is 559 g/mol. The van der Waals surface area contributed by atoms with Crippen LogP contribution < -0.4 is 4.74 Å². The van der Waals surface area contributed by atoms with Crippen LogP contribution in [-0.4, -0.2) is 58.1 Å². The molecule has 0 radical (unpaired) electrons. The predicted molar refractivity (Wildman–Crippen MR) is 149 cm³/mol. The molecule has 9 heteroatoms. The van der Waals surface area contributed by atoms with Gasteiger partial charge in [-0.2, -0.15) is 0 Å². The van der Waals surface area contributed by atoms with Gasteiger partial charge in [0.05, 0.1) is 18.9 Å². The van der Waals surface area contributed by atoms with Gasteiger partial charge in [-0.1, -0.05) is 36.3 Å². The van der Waals surface area contributed by atoms with E-state index in [1.54, 1.807) is 19.1 Å². The molecule has 1 fully saturated rings. The number of hydrogen-bond acceptors (Lipinski definition) is 7. The smallest absolute Gasteiger partial charge is 0.303 e. The fraction of sp³-hybridized carbons (Fsp3) is 0.406. The lowest BCUT2D eigenvalue weighted by atomic mass is 9.60. The molecule has 0 saturated carbocycles. The van der Waals surface area contributed by atoms with Crippen molar-refractivity contribution in [2.45, 2.75) is 45.4 Å². The number of ketones is 2. The van der Waals surface area contributed by atoms with Gasteiger partial charge in [-0.3, -0.25) is 28.9 Å². The van der Waals surface area contributed by atoms with Crippen molar-refractivity contribution in [3.63, 3.8) is 0 Å². The number of carbonyl (C=O) groups is 5. The Morgan fingerprint density at radius 2 is 1.88 bits per heavy atom. The largest absolute Gasteiger partial charge is 0.504 e. The van der Waals surface area contributed by atoms with Gasteiger partial charge in [0, 0.05) is 35.6 Å². The van der Waals surface area contributed by atoms with Crippen LogP contribution in [0.25, 0.3) is 6.08 Å². The molecule has 41 heavy (non-hydrogen) atoms. The molecule has 2 N–H and O–H groups in total. The Morgan fingerprint density at radius 1 is 1.10 bits per heavy atom. The number of hydrogen-bond donors (Lipinski definition) is 2. The van der Waals surface area contributed by atoms with Gasteiger partial charge >= 0.3 is 5.97 Å². The van der Waals surface area contributed by atoms with E-state index in [2.05, 4.69) is 0 Å². The van der Waals surface area contributed by atoms with Crippen molar-refractivity contribution >= 4 is 35.4 Å². The number of ether oxygens (including phenoxy) is 1. The third kappa shape index (κ3) is 5.16. The van der Waals surface area contributed by atoms with Crippen LogP contribution in [0.1, 0.15) is 51.0 Å². The van der Waals surface area contributed by atoms with Crippen molar-refractivity contribution in [3.05, 3.63) is 64.3 Å². The van der Waals surface area contributed by atoms with Gasteiger partial charge < -0.3 is 14.9 Å². The number of phenols is 1. The van der Waals surface area contributed by atoms with Gasteiger partial charge in [-0.25, -0.2) is 0 Å². The van der Waals surface area contributed by atoms with Crippen molar-refractivity contribution in [1.82, 2.24) is 4.90 Å². The Bertz CT molecular complexity index is 1460. The number of fused-ring (bicyclic) bond motifs is 3. The van der Waals surface area contributed by atoms with Gasteiger partial charge in [0.15, 0.2) is 23.1 Å². The number of rotatable bonds is 9. The van der Waals surface area contributed by atoms with Gasteiger partial charge in [0.1, 0.15) is 0 Å². The molecule has 2 amide bonds. The minimum atomic E-state index is -0.872. The van der Waals surface area contributed by atoms with E-state index in [9.17, 15) is 29.1 Å². The molecule has 0 aromatic heterocycles. The van der Waals surface area contributed by atoms with Gasteiger partial charge in [0.25, 0.3) is 0 Å². The maximum absolute atomic E-state index is 13.7. The Balaban J connectivity index is 1.46. The van der Waals surface area contributed by atoms with Crippen LogP contribution in [0.4, 0.5) is 0 Å². The van der Waals surface area contributed by atoms with Crippen molar-refractivity contribution in [2.24, 2.45) is 23.7 Å². The number of aliphatic carboxylic acids is 1. The lowest BCUT2D eigenvalue weighted by Crippen LogP contribution is -2.40. The minimum Gasteiger partial charge on any atom is -0.504 e. The highest BCUT2D eigenvalue weighted by Gasteiger charge is 2.55. The zero-order valence-corrected chi connectivity index (χ0v) is 23.1. The van der Waals surface area contributed by atoms with Crippen LogP contribution in [-0.2, 0) is 24.0 Å². The zero-order chi connectivity index (χ0) is 29.4. The van der Waals surface area contributed by atoms with Crippen molar-refractivity contribution in [2.75, 3.05) is 13.7 Å². The molecule has 9 nitrogen and oxygen atoms in total. The number of amides is 2. The van der Waals surface area contributed by atoms with E-state index in [0.717, 1.165) is 11.1 Å². The summed E-state index contributed by atoms with van der Waals surface area (Å²) in [5.41, 5.74) is 2.78. The molecule has 1 saturated heterocycles. The summed E-state index contributed by atoms with van der Waals surface area (Å²) < 4.78 is 5.21. The second kappa shape index (κ2) is 11.3. The number of phenolic OH excluding ortho intramolecular Hbond substituents is 1. The SMILES string of the molecule is COc1cc(C=CC2C3=CCC4C(=O)N(CCCCCC(=O)O)C(=O)C4C3CC3=C2C(=O)C(C)=CC3=O)ccc1O. The summed E-state index contributed by atoms with van der Waals surface area (Å²) in [6.45, 7) is 1.87. The van der Waals surface area contributed by atoms with E-state index >= 15 is 0 Å². The molecule has 1 aliphatic heterocycles. The Hall–Kier alpha value is -4.27. The van der Waals surface area contributed by atoms with Crippen molar-refractivity contribution in [1.29, 1.82) is 0 Å². The number of Topliss-reactive ketones (excluding diaryl/α,β-unsaturated/α-hetero) is 1. The molecule has 1 aromatic carbocycles. The molecular weight excluding hydrogens is 526 g/mol. The van der Waals surface area contributed by atoms with E-state index < -0.39 is 29.6 Å². The zero-order valence-electron chi connectivity index (χ0n) is 23.1. The molecule has 0 bridgehead atoms. The van der Waals surface area contributed by atoms with E-state index in [1.807, 2.05) is 18.2 Å². The van der Waals surface area contributed by atoms with Crippen molar-refractivity contribution < 1.29 is 38.9 Å². The van der Waals surface area contributed by atoms with E-state index in [1.165, 1.54) is 24.2 Å². The molecule has 4 unspecified atom stereocenters. The highest BCUT2D eigenvalue weighted by molar-refractivity contribution is 6.23. The van der Waals surface area contributed by atoms with Crippen molar-refractivity contribution in [3.8, 4) is 11.5 Å².